The van der Waals surface area contributed by atoms with Gasteiger partial charge in [-0.2, -0.15) is 16.1 Å². The summed E-state index contributed by atoms with van der Waals surface area (Å²) < 4.78 is 27.2. The van der Waals surface area contributed by atoms with Crippen molar-refractivity contribution in [3.8, 4) is 0 Å². The second kappa shape index (κ2) is 4.15. The minimum atomic E-state index is -3.35. The van der Waals surface area contributed by atoms with Crippen molar-refractivity contribution in [2.24, 2.45) is 7.05 Å². The monoisotopic (exact) mass is 247 g/mol. The molecule has 1 aliphatic heterocycles. The molecular formula is C8H13N3O2S2. The molecule has 0 amide bonds. The topological polar surface area (TPSA) is 55.2 Å². The predicted octanol–water partition coefficient (Wildman–Crippen LogP) is 0.158. The number of hydrogen-bond acceptors (Lipinski definition) is 4. The Labute approximate surface area is 93.5 Å². The van der Waals surface area contributed by atoms with Crippen LogP contribution in [-0.2, 0) is 17.1 Å². The number of sulfonamides is 1. The largest absolute Gasteiger partial charge is 0.339 e. The van der Waals surface area contributed by atoms with Crippen molar-refractivity contribution >= 4 is 21.8 Å². The van der Waals surface area contributed by atoms with E-state index in [2.05, 4.69) is 4.98 Å². The maximum atomic E-state index is 12.0. The minimum Gasteiger partial charge on any atom is -0.339 e. The van der Waals surface area contributed by atoms with Gasteiger partial charge in [0, 0.05) is 37.8 Å². The molecule has 0 aliphatic carbocycles. The van der Waals surface area contributed by atoms with Crippen LogP contribution < -0.4 is 0 Å². The molecule has 1 aliphatic rings. The molecule has 0 aromatic carbocycles. The number of aromatic nitrogens is 2. The van der Waals surface area contributed by atoms with Crippen LogP contribution in [0, 0.1) is 0 Å². The van der Waals surface area contributed by atoms with Gasteiger partial charge in [0.15, 0.2) is 5.03 Å². The van der Waals surface area contributed by atoms with Crippen molar-refractivity contribution in [2.45, 2.75) is 5.03 Å². The third-order valence-electron chi connectivity index (χ3n) is 2.26. The molecule has 1 aromatic heterocycles. The van der Waals surface area contributed by atoms with E-state index in [1.54, 1.807) is 23.4 Å². The Bertz CT molecular complexity index is 434. The summed E-state index contributed by atoms with van der Waals surface area (Å²) in [4.78, 5) is 3.89. The second-order valence-corrected chi connectivity index (χ2v) is 6.50. The van der Waals surface area contributed by atoms with Gasteiger partial charge in [-0.15, -0.1) is 0 Å². The van der Waals surface area contributed by atoms with Crippen molar-refractivity contribution in [3.63, 3.8) is 0 Å². The molecule has 0 bridgehead atoms. The molecule has 2 heterocycles. The Morgan fingerprint density at radius 3 is 2.60 bits per heavy atom. The molecule has 7 heteroatoms. The number of imidazole rings is 1. The zero-order valence-corrected chi connectivity index (χ0v) is 10.1. The van der Waals surface area contributed by atoms with Crippen LogP contribution in [0.15, 0.2) is 17.6 Å². The highest BCUT2D eigenvalue weighted by molar-refractivity contribution is 7.99. The summed E-state index contributed by atoms with van der Waals surface area (Å²) in [6, 6.07) is 0. The van der Waals surface area contributed by atoms with Crippen LogP contribution in [0.3, 0.4) is 0 Å². The lowest BCUT2D eigenvalue weighted by atomic mass is 10.6. The van der Waals surface area contributed by atoms with E-state index in [4.69, 9.17) is 0 Å². The smallest absolute Gasteiger partial charge is 0.262 e. The molecular weight excluding hydrogens is 234 g/mol. The van der Waals surface area contributed by atoms with E-state index in [1.165, 1.54) is 16.8 Å². The maximum Gasteiger partial charge on any atom is 0.262 e. The van der Waals surface area contributed by atoms with Crippen LogP contribution in [0.5, 0.6) is 0 Å². The molecule has 1 fully saturated rings. The van der Waals surface area contributed by atoms with Crippen molar-refractivity contribution in [1.82, 2.24) is 13.9 Å². The van der Waals surface area contributed by atoms with Crippen molar-refractivity contribution < 1.29 is 8.42 Å². The second-order valence-electron chi connectivity index (χ2n) is 3.39. The molecule has 0 atom stereocenters. The lowest BCUT2D eigenvalue weighted by Crippen LogP contribution is -2.38. The third kappa shape index (κ3) is 2.19. The number of aryl methyl sites for hydroxylation is 1. The zero-order chi connectivity index (χ0) is 10.9. The summed E-state index contributed by atoms with van der Waals surface area (Å²) >= 11 is 1.78. The quantitative estimate of drug-likeness (QED) is 0.747. The molecule has 0 radical (unpaired) electrons. The molecule has 0 saturated carbocycles. The Kier molecular flexibility index (Phi) is 3.03. The van der Waals surface area contributed by atoms with Gasteiger partial charge in [-0.1, -0.05) is 0 Å². The lowest BCUT2D eigenvalue weighted by molar-refractivity contribution is 0.441. The van der Waals surface area contributed by atoms with Gasteiger partial charge in [-0.25, -0.2) is 13.4 Å². The van der Waals surface area contributed by atoms with E-state index in [0.717, 1.165) is 11.5 Å². The third-order valence-corrected chi connectivity index (χ3v) is 4.98. The molecule has 1 saturated heterocycles. The highest BCUT2D eigenvalue weighted by Gasteiger charge is 2.27. The molecule has 1 aromatic rings. The average Bonchev–Trinajstić information content (AvgIpc) is 2.67. The number of hydrogen-bond donors (Lipinski definition) is 0. The van der Waals surface area contributed by atoms with Gasteiger partial charge in [0.2, 0.25) is 0 Å². The summed E-state index contributed by atoms with van der Waals surface area (Å²) in [5.41, 5.74) is 0. The fourth-order valence-corrected chi connectivity index (χ4v) is 3.98. The lowest BCUT2D eigenvalue weighted by Gasteiger charge is -2.24. The normalized spacial score (nSPS) is 19.3. The highest BCUT2D eigenvalue weighted by Crippen LogP contribution is 2.18. The van der Waals surface area contributed by atoms with E-state index >= 15 is 0 Å². The van der Waals surface area contributed by atoms with Gasteiger partial charge < -0.3 is 4.57 Å². The average molecular weight is 247 g/mol. The summed E-state index contributed by atoms with van der Waals surface area (Å²) in [5, 5.41) is 0.150. The maximum absolute atomic E-state index is 12.0. The summed E-state index contributed by atoms with van der Waals surface area (Å²) in [5.74, 6) is 1.73. The van der Waals surface area contributed by atoms with Gasteiger partial charge in [0.1, 0.15) is 0 Å². The Morgan fingerprint density at radius 1 is 1.40 bits per heavy atom. The molecule has 5 nitrogen and oxygen atoms in total. The van der Waals surface area contributed by atoms with Gasteiger partial charge in [0.25, 0.3) is 10.0 Å². The van der Waals surface area contributed by atoms with Crippen molar-refractivity contribution in [3.05, 3.63) is 12.5 Å². The number of rotatable bonds is 2. The first-order valence-corrected chi connectivity index (χ1v) is 7.26. The first kappa shape index (κ1) is 11.0. The summed E-state index contributed by atoms with van der Waals surface area (Å²) in [6.07, 6.45) is 3.04. The Morgan fingerprint density at radius 2 is 2.07 bits per heavy atom. The van der Waals surface area contributed by atoms with E-state index in [9.17, 15) is 8.42 Å². The fraction of sp³-hybridized carbons (Fsp3) is 0.625. The SMILES string of the molecule is Cn1cnc(S(=O)(=O)N2CCSCC2)c1. The highest BCUT2D eigenvalue weighted by atomic mass is 32.2. The van der Waals surface area contributed by atoms with Crippen LogP contribution in [0.4, 0.5) is 0 Å². The van der Waals surface area contributed by atoms with Crippen LogP contribution >= 0.6 is 11.8 Å². The van der Waals surface area contributed by atoms with Gasteiger partial charge in [0.05, 0.1) is 6.33 Å². The van der Waals surface area contributed by atoms with Crippen LogP contribution in [0.1, 0.15) is 0 Å². The van der Waals surface area contributed by atoms with E-state index < -0.39 is 10.0 Å². The summed E-state index contributed by atoms with van der Waals surface area (Å²) in [7, 11) is -1.59. The first-order valence-electron chi connectivity index (χ1n) is 4.66. The molecule has 84 valence electrons. The molecule has 0 N–H and O–H groups in total. The Balaban J connectivity index is 2.26. The predicted molar refractivity (Wildman–Crippen MR) is 59.3 cm³/mol. The van der Waals surface area contributed by atoms with E-state index in [0.29, 0.717) is 13.1 Å². The standard InChI is InChI=1S/C8H13N3O2S2/c1-10-6-8(9-7-10)15(12,13)11-2-4-14-5-3-11/h6-7H,2-5H2,1H3. The minimum absolute atomic E-state index is 0.150. The van der Waals surface area contributed by atoms with Crippen LogP contribution in [0.25, 0.3) is 0 Å². The van der Waals surface area contributed by atoms with E-state index in [1.807, 2.05) is 0 Å². The Hall–Kier alpha value is -0.530. The zero-order valence-electron chi connectivity index (χ0n) is 8.46. The van der Waals surface area contributed by atoms with Gasteiger partial charge >= 0.3 is 0 Å². The van der Waals surface area contributed by atoms with E-state index in [-0.39, 0.29) is 5.03 Å². The van der Waals surface area contributed by atoms with Gasteiger partial charge in [-0.3, -0.25) is 0 Å². The fourth-order valence-electron chi connectivity index (χ4n) is 1.44. The van der Waals surface area contributed by atoms with Crippen LogP contribution in [0.2, 0.25) is 0 Å². The number of nitrogens with zero attached hydrogens (tertiary/aromatic N) is 3. The molecule has 2 rings (SSSR count). The molecule has 0 unspecified atom stereocenters. The summed E-state index contributed by atoms with van der Waals surface area (Å²) in [6.45, 7) is 1.17. The van der Waals surface area contributed by atoms with Crippen LogP contribution in [-0.4, -0.2) is 46.9 Å². The first-order chi connectivity index (χ1) is 7.10. The molecule has 0 spiro atoms. The number of thioether (sulfide) groups is 1. The molecule has 15 heavy (non-hydrogen) atoms. The van der Waals surface area contributed by atoms with Crippen molar-refractivity contribution in [2.75, 3.05) is 24.6 Å². The van der Waals surface area contributed by atoms with Crippen molar-refractivity contribution in [1.29, 1.82) is 0 Å². The van der Waals surface area contributed by atoms with Gasteiger partial charge in [-0.05, 0) is 0 Å².